The molecule has 0 radical (unpaired) electrons. The van der Waals surface area contributed by atoms with Gasteiger partial charge in [-0.15, -0.1) is 11.3 Å². The van der Waals surface area contributed by atoms with E-state index < -0.39 is 0 Å². The lowest BCUT2D eigenvalue weighted by molar-refractivity contribution is 1.35. The molecule has 0 spiro atoms. The lowest BCUT2D eigenvalue weighted by atomic mass is 10.4. The van der Waals surface area contributed by atoms with E-state index in [2.05, 4.69) is 15.3 Å². The maximum atomic E-state index is 4.30. The minimum atomic E-state index is 0.891. The monoisotopic (exact) mass is 165 g/mol. The molecule has 0 bridgehead atoms. The summed E-state index contributed by atoms with van der Waals surface area (Å²) in [5, 5.41) is 2.98. The Bertz CT molecular complexity index is 368. The summed E-state index contributed by atoms with van der Waals surface area (Å²) in [4.78, 5) is 9.40. The van der Waals surface area contributed by atoms with Gasteiger partial charge in [-0.1, -0.05) is 0 Å². The van der Waals surface area contributed by atoms with Crippen LogP contribution in [0.25, 0.3) is 10.3 Å². The fraction of sp³-hybridized carbons (Fsp3) is 0.143. The van der Waals surface area contributed by atoms with Crippen LogP contribution in [-0.4, -0.2) is 17.0 Å². The van der Waals surface area contributed by atoms with Gasteiger partial charge in [0.2, 0.25) is 0 Å². The molecule has 0 atom stereocenters. The van der Waals surface area contributed by atoms with Gasteiger partial charge in [-0.2, -0.15) is 0 Å². The molecule has 0 saturated carbocycles. The first-order valence-electron chi connectivity index (χ1n) is 3.28. The number of aromatic nitrogens is 2. The van der Waals surface area contributed by atoms with E-state index in [1.54, 1.807) is 16.8 Å². The number of thiazole rings is 1. The molecule has 0 fully saturated rings. The summed E-state index contributed by atoms with van der Waals surface area (Å²) in [6.45, 7) is 0. The summed E-state index contributed by atoms with van der Waals surface area (Å²) in [5.41, 5.74) is 2.77. The first-order valence-corrected chi connectivity index (χ1v) is 4.16. The molecular formula is C7H7N3S. The second-order valence-electron chi connectivity index (χ2n) is 2.12. The van der Waals surface area contributed by atoms with Gasteiger partial charge in [0, 0.05) is 7.05 Å². The van der Waals surface area contributed by atoms with E-state index in [-0.39, 0.29) is 0 Å². The van der Waals surface area contributed by atoms with Crippen LogP contribution in [0, 0.1) is 0 Å². The predicted octanol–water partition coefficient (Wildman–Crippen LogP) is 1.73. The fourth-order valence-electron chi connectivity index (χ4n) is 0.890. The zero-order valence-electron chi connectivity index (χ0n) is 6.03. The molecule has 0 aliphatic rings. The Balaban J connectivity index is 2.67. The first-order chi connectivity index (χ1) is 5.40. The van der Waals surface area contributed by atoms with E-state index in [4.69, 9.17) is 0 Å². The molecular weight excluding hydrogens is 158 g/mol. The third-order valence-corrected chi connectivity index (χ3v) is 2.19. The molecule has 0 aliphatic carbocycles. The lowest BCUT2D eigenvalue weighted by Crippen LogP contribution is -1.90. The zero-order valence-corrected chi connectivity index (χ0v) is 6.85. The Kier molecular flexibility index (Phi) is 1.47. The van der Waals surface area contributed by atoms with Gasteiger partial charge < -0.3 is 5.32 Å². The Labute approximate surface area is 68.1 Å². The summed E-state index contributed by atoms with van der Waals surface area (Å²) in [6.07, 6.45) is 0. The lowest BCUT2D eigenvalue weighted by Gasteiger charge is -1.95. The predicted molar refractivity (Wildman–Crippen MR) is 47.0 cm³/mol. The van der Waals surface area contributed by atoms with Crippen molar-refractivity contribution in [2.24, 2.45) is 0 Å². The maximum Gasteiger partial charge on any atom is 0.145 e. The normalized spacial score (nSPS) is 10.3. The Hall–Kier alpha value is -1.16. The van der Waals surface area contributed by atoms with Crippen LogP contribution in [-0.2, 0) is 0 Å². The summed E-state index contributed by atoms with van der Waals surface area (Å²) in [5.74, 6) is 0.891. The van der Waals surface area contributed by atoms with Crippen LogP contribution in [0.3, 0.4) is 0 Å². The number of nitrogens with one attached hydrogen (secondary N) is 1. The molecule has 2 aromatic heterocycles. The van der Waals surface area contributed by atoms with Crippen molar-refractivity contribution in [1.29, 1.82) is 0 Å². The van der Waals surface area contributed by atoms with E-state index >= 15 is 0 Å². The van der Waals surface area contributed by atoms with Crippen molar-refractivity contribution in [3.05, 3.63) is 17.6 Å². The number of anilines is 1. The third kappa shape index (κ3) is 1.05. The second-order valence-corrected chi connectivity index (χ2v) is 2.96. The molecule has 0 aliphatic heterocycles. The highest BCUT2D eigenvalue weighted by Gasteiger charge is 1.97. The Morgan fingerprint density at radius 2 is 2.36 bits per heavy atom. The Morgan fingerprint density at radius 3 is 3.18 bits per heavy atom. The molecule has 3 nitrogen and oxygen atoms in total. The number of hydrogen-bond donors (Lipinski definition) is 1. The molecule has 2 heterocycles. The number of fused-ring (bicyclic) bond motifs is 1. The SMILES string of the molecule is CNc1ccc2ncsc2n1. The van der Waals surface area contributed by atoms with Crippen molar-refractivity contribution in [1.82, 2.24) is 9.97 Å². The highest BCUT2D eigenvalue weighted by Crippen LogP contribution is 2.16. The van der Waals surface area contributed by atoms with E-state index in [1.807, 2.05) is 19.2 Å². The average molecular weight is 165 g/mol. The number of nitrogens with zero attached hydrogens (tertiary/aromatic N) is 2. The highest BCUT2D eigenvalue weighted by molar-refractivity contribution is 7.16. The molecule has 1 N–H and O–H groups in total. The van der Waals surface area contributed by atoms with E-state index in [0.29, 0.717) is 0 Å². The fourth-order valence-corrected chi connectivity index (χ4v) is 1.55. The van der Waals surface area contributed by atoms with Crippen molar-refractivity contribution in [2.75, 3.05) is 12.4 Å². The van der Waals surface area contributed by atoms with Gasteiger partial charge >= 0.3 is 0 Å². The minimum Gasteiger partial charge on any atom is -0.373 e. The van der Waals surface area contributed by atoms with Crippen LogP contribution in [0.5, 0.6) is 0 Å². The van der Waals surface area contributed by atoms with Crippen molar-refractivity contribution in [2.45, 2.75) is 0 Å². The molecule has 56 valence electrons. The van der Waals surface area contributed by atoms with Gasteiger partial charge in [-0.3, -0.25) is 0 Å². The average Bonchev–Trinajstić information content (AvgIpc) is 2.50. The largest absolute Gasteiger partial charge is 0.373 e. The van der Waals surface area contributed by atoms with Crippen LogP contribution in [0.4, 0.5) is 5.82 Å². The van der Waals surface area contributed by atoms with Gasteiger partial charge in [-0.05, 0) is 12.1 Å². The van der Waals surface area contributed by atoms with Crippen LogP contribution in [0.1, 0.15) is 0 Å². The summed E-state index contributed by atoms with van der Waals surface area (Å²) in [7, 11) is 1.86. The molecule has 0 saturated heterocycles. The second kappa shape index (κ2) is 2.47. The molecule has 0 amide bonds. The Morgan fingerprint density at radius 1 is 1.45 bits per heavy atom. The quantitative estimate of drug-likeness (QED) is 0.699. The van der Waals surface area contributed by atoms with Crippen molar-refractivity contribution >= 4 is 27.5 Å². The van der Waals surface area contributed by atoms with Gasteiger partial charge in [-0.25, -0.2) is 9.97 Å². The zero-order chi connectivity index (χ0) is 7.68. The van der Waals surface area contributed by atoms with Crippen LogP contribution in [0.15, 0.2) is 17.6 Å². The molecule has 11 heavy (non-hydrogen) atoms. The molecule has 0 unspecified atom stereocenters. The first kappa shape index (κ1) is 6.54. The molecule has 0 aromatic carbocycles. The van der Waals surface area contributed by atoms with Crippen LogP contribution < -0.4 is 5.32 Å². The van der Waals surface area contributed by atoms with E-state index in [1.165, 1.54) is 0 Å². The smallest absolute Gasteiger partial charge is 0.145 e. The number of rotatable bonds is 1. The molecule has 2 rings (SSSR count). The van der Waals surface area contributed by atoms with Crippen molar-refractivity contribution in [3.8, 4) is 0 Å². The minimum absolute atomic E-state index is 0.891. The van der Waals surface area contributed by atoms with Gasteiger partial charge in [0.15, 0.2) is 0 Å². The standard InChI is InChI=1S/C7H7N3S/c1-8-6-3-2-5-7(10-6)11-4-9-5/h2-4H,1H3,(H,8,10). The maximum absolute atomic E-state index is 4.30. The topological polar surface area (TPSA) is 37.8 Å². The van der Waals surface area contributed by atoms with Gasteiger partial charge in [0.05, 0.1) is 5.51 Å². The third-order valence-electron chi connectivity index (χ3n) is 1.45. The summed E-state index contributed by atoms with van der Waals surface area (Å²) in [6, 6.07) is 3.88. The number of hydrogen-bond acceptors (Lipinski definition) is 4. The van der Waals surface area contributed by atoms with Crippen molar-refractivity contribution < 1.29 is 0 Å². The molecule has 4 heteroatoms. The number of pyridine rings is 1. The van der Waals surface area contributed by atoms with E-state index in [9.17, 15) is 0 Å². The van der Waals surface area contributed by atoms with Gasteiger partial charge in [0.1, 0.15) is 16.2 Å². The molecule has 2 aromatic rings. The summed E-state index contributed by atoms with van der Waals surface area (Å²) < 4.78 is 0. The van der Waals surface area contributed by atoms with Crippen LogP contribution >= 0.6 is 11.3 Å². The van der Waals surface area contributed by atoms with Crippen LogP contribution in [0.2, 0.25) is 0 Å². The van der Waals surface area contributed by atoms with Crippen molar-refractivity contribution in [3.63, 3.8) is 0 Å². The summed E-state index contributed by atoms with van der Waals surface area (Å²) >= 11 is 1.55. The van der Waals surface area contributed by atoms with E-state index in [0.717, 1.165) is 16.2 Å². The highest BCUT2D eigenvalue weighted by atomic mass is 32.1. The van der Waals surface area contributed by atoms with Gasteiger partial charge in [0.25, 0.3) is 0 Å².